The van der Waals surface area contributed by atoms with E-state index in [1.54, 1.807) is 28.8 Å². The predicted molar refractivity (Wildman–Crippen MR) is 78.0 cm³/mol. The van der Waals surface area contributed by atoms with Crippen LogP contribution >= 0.6 is 0 Å². The first-order chi connectivity index (χ1) is 10.2. The van der Waals surface area contributed by atoms with Crippen molar-refractivity contribution in [3.63, 3.8) is 0 Å². The summed E-state index contributed by atoms with van der Waals surface area (Å²) in [4.78, 5) is 4.18. The number of H-pyrrole nitrogens is 1. The van der Waals surface area contributed by atoms with Gasteiger partial charge in [0.15, 0.2) is 0 Å². The maximum atomic E-state index is 12.6. The molecule has 0 radical (unpaired) electrons. The number of piperidine rings is 1. The predicted octanol–water partition coefficient (Wildman–Crippen LogP) is 1.45. The molecule has 3 heterocycles. The molecule has 112 valence electrons. The highest BCUT2D eigenvalue weighted by molar-refractivity contribution is 7.89. The number of aromatic nitrogens is 3. The summed E-state index contributed by atoms with van der Waals surface area (Å²) in [5, 5.41) is 6.88. The van der Waals surface area contributed by atoms with Crippen LogP contribution in [0.25, 0.3) is 0 Å². The molecule has 1 aliphatic heterocycles. The van der Waals surface area contributed by atoms with E-state index in [0.717, 1.165) is 25.0 Å². The Hall–Kier alpha value is -1.73. The Labute approximate surface area is 124 Å². The number of nitrogens with zero attached hydrogens (tertiary/aromatic N) is 3. The van der Waals surface area contributed by atoms with Gasteiger partial charge in [-0.3, -0.25) is 10.1 Å². The van der Waals surface area contributed by atoms with Crippen LogP contribution in [0.3, 0.4) is 0 Å². The van der Waals surface area contributed by atoms with E-state index in [1.165, 1.54) is 6.20 Å². The fourth-order valence-corrected chi connectivity index (χ4v) is 4.29. The van der Waals surface area contributed by atoms with E-state index in [9.17, 15) is 8.42 Å². The van der Waals surface area contributed by atoms with Gasteiger partial charge in [-0.15, -0.1) is 0 Å². The van der Waals surface area contributed by atoms with Gasteiger partial charge in [-0.05, 0) is 43.4 Å². The molecule has 1 N–H and O–H groups in total. The minimum atomic E-state index is -3.43. The minimum absolute atomic E-state index is 0.271. The molecule has 0 spiro atoms. The quantitative estimate of drug-likeness (QED) is 0.927. The molecule has 1 fully saturated rings. The van der Waals surface area contributed by atoms with Gasteiger partial charge < -0.3 is 0 Å². The Bertz CT molecular complexity index is 670. The van der Waals surface area contributed by atoms with E-state index in [4.69, 9.17) is 0 Å². The molecule has 21 heavy (non-hydrogen) atoms. The van der Waals surface area contributed by atoms with Crippen LogP contribution in [0.2, 0.25) is 0 Å². The smallest absolute Gasteiger partial charge is 0.244 e. The van der Waals surface area contributed by atoms with Gasteiger partial charge >= 0.3 is 0 Å². The molecule has 0 unspecified atom stereocenters. The topological polar surface area (TPSA) is 79.0 Å². The highest BCUT2D eigenvalue weighted by Gasteiger charge is 2.30. The van der Waals surface area contributed by atoms with E-state index in [1.807, 2.05) is 6.07 Å². The average Bonchev–Trinajstić information content (AvgIpc) is 3.01. The lowest BCUT2D eigenvalue weighted by molar-refractivity contribution is 0.264. The zero-order valence-electron chi connectivity index (χ0n) is 11.6. The summed E-state index contributed by atoms with van der Waals surface area (Å²) in [5.74, 6) is 0.325. The fraction of sp³-hybridized carbons (Fsp3) is 0.429. The van der Waals surface area contributed by atoms with Crippen molar-refractivity contribution in [2.45, 2.75) is 24.2 Å². The molecule has 0 saturated carbocycles. The molecule has 6 nitrogen and oxygen atoms in total. The van der Waals surface area contributed by atoms with Crippen LogP contribution in [0.4, 0.5) is 0 Å². The highest BCUT2D eigenvalue weighted by Crippen LogP contribution is 2.25. The standard InChI is InChI=1S/C14H18N4O2S/c19-21(20,14-4-1-6-15-10-14)18-8-2-3-12(11-18)9-13-5-7-16-17-13/h1,4-7,10,12H,2-3,8-9,11H2,(H,16,17)/t12-/m1/s1. The lowest BCUT2D eigenvalue weighted by atomic mass is 9.95. The molecule has 1 atom stereocenters. The van der Waals surface area contributed by atoms with Crippen LogP contribution in [0.5, 0.6) is 0 Å². The Balaban J connectivity index is 1.74. The lowest BCUT2D eigenvalue weighted by Gasteiger charge is -2.31. The molecule has 0 amide bonds. The number of rotatable bonds is 4. The minimum Gasteiger partial charge on any atom is -0.283 e. The molecule has 0 bridgehead atoms. The summed E-state index contributed by atoms with van der Waals surface area (Å²) in [6.07, 6.45) is 7.47. The summed E-state index contributed by atoms with van der Waals surface area (Å²) >= 11 is 0. The van der Waals surface area contributed by atoms with Gasteiger partial charge in [0.05, 0.1) is 0 Å². The summed E-state index contributed by atoms with van der Waals surface area (Å²) in [6, 6.07) is 5.19. The first-order valence-electron chi connectivity index (χ1n) is 7.05. The van der Waals surface area contributed by atoms with Crippen molar-refractivity contribution in [3.05, 3.63) is 42.5 Å². The van der Waals surface area contributed by atoms with Crippen molar-refractivity contribution in [2.75, 3.05) is 13.1 Å². The Morgan fingerprint density at radius 1 is 1.33 bits per heavy atom. The largest absolute Gasteiger partial charge is 0.283 e. The van der Waals surface area contributed by atoms with Gasteiger partial charge in [-0.25, -0.2) is 8.42 Å². The fourth-order valence-electron chi connectivity index (χ4n) is 2.77. The van der Waals surface area contributed by atoms with Gasteiger partial charge in [0, 0.05) is 37.4 Å². The number of sulfonamides is 1. The molecule has 2 aromatic rings. The van der Waals surface area contributed by atoms with Crippen molar-refractivity contribution in [3.8, 4) is 0 Å². The third-order valence-corrected chi connectivity index (χ3v) is 5.67. The number of aromatic amines is 1. The van der Waals surface area contributed by atoms with Crippen LogP contribution in [-0.4, -0.2) is 41.0 Å². The zero-order chi connectivity index (χ0) is 14.7. The van der Waals surface area contributed by atoms with Crippen LogP contribution in [0.1, 0.15) is 18.5 Å². The Kier molecular flexibility index (Phi) is 4.03. The molecule has 7 heteroatoms. The van der Waals surface area contributed by atoms with Crippen LogP contribution < -0.4 is 0 Å². The Morgan fingerprint density at radius 2 is 2.24 bits per heavy atom. The van der Waals surface area contributed by atoms with E-state index < -0.39 is 10.0 Å². The first-order valence-corrected chi connectivity index (χ1v) is 8.49. The number of hydrogen-bond donors (Lipinski definition) is 1. The van der Waals surface area contributed by atoms with Crippen LogP contribution in [0.15, 0.2) is 41.7 Å². The second kappa shape index (κ2) is 5.95. The molecule has 0 aliphatic carbocycles. The van der Waals surface area contributed by atoms with Crippen molar-refractivity contribution < 1.29 is 8.42 Å². The van der Waals surface area contributed by atoms with E-state index in [-0.39, 0.29) is 4.90 Å². The van der Waals surface area contributed by atoms with Crippen LogP contribution in [-0.2, 0) is 16.4 Å². The van der Waals surface area contributed by atoms with Gasteiger partial charge in [-0.2, -0.15) is 9.40 Å². The van der Waals surface area contributed by atoms with Crippen molar-refractivity contribution >= 4 is 10.0 Å². The zero-order valence-corrected chi connectivity index (χ0v) is 12.5. The number of pyridine rings is 1. The molecule has 2 aromatic heterocycles. The van der Waals surface area contributed by atoms with Crippen molar-refractivity contribution in [1.82, 2.24) is 19.5 Å². The molecular weight excluding hydrogens is 288 g/mol. The van der Waals surface area contributed by atoms with E-state index in [0.29, 0.717) is 19.0 Å². The number of nitrogens with one attached hydrogen (secondary N) is 1. The normalized spacial score (nSPS) is 20.5. The summed E-state index contributed by atoms with van der Waals surface area (Å²) in [6.45, 7) is 1.13. The second-order valence-electron chi connectivity index (χ2n) is 5.35. The van der Waals surface area contributed by atoms with Gasteiger partial charge in [0.25, 0.3) is 0 Å². The second-order valence-corrected chi connectivity index (χ2v) is 7.28. The Morgan fingerprint density at radius 3 is 2.95 bits per heavy atom. The SMILES string of the molecule is O=S(=O)(c1cccnc1)N1CCC[C@H](Cc2ccn[nH]2)C1. The summed E-state index contributed by atoms with van der Waals surface area (Å²) in [7, 11) is -3.43. The van der Waals surface area contributed by atoms with Crippen molar-refractivity contribution in [1.29, 1.82) is 0 Å². The molecular formula is C14H18N4O2S. The summed E-state index contributed by atoms with van der Waals surface area (Å²) in [5.41, 5.74) is 1.06. The molecule has 3 rings (SSSR count). The molecule has 1 aliphatic rings. The van der Waals surface area contributed by atoms with Gasteiger partial charge in [-0.1, -0.05) is 0 Å². The monoisotopic (exact) mass is 306 g/mol. The maximum Gasteiger partial charge on any atom is 0.244 e. The first kappa shape index (κ1) is 14.2. The third kappa shape index (κ3) is 3.14. The molecule has 1 saturated heterocycles. The average molecular weight is 306 g/mol. The van der Waals surface area contributed by atoms with Gasteiger partial charge in [0.2, 0.25) is 10.0 Å². The summed E-state index contributed by atoms with van der Waals surface area (Å²) < 4.78 is 26.8. The third-order valence-electron chi connectivity index (χ3n) is 3.82. The molecule has 0 aromatic carbocycles. The number of hydrogen-bond acceptors (Lipinski definition) is 4. The van der Waals surface area contributed by atoms with Gasteiger partial charge in [0.1, 0.15) is 4.90 Å². The highest BCUT2D eigenvalue weighted by atomic mass is 32.2. The van der Waals surface area contributed by atoms with E-state index in [2.05, 4.69) is 15.2 Å². The van der Waals surface area contributed by atoms with E-state index >= 15 is 0 Å². The maximum absolute atomic E-state index is 12.6. The van der Waals surface area contributed by atoms with Crippen LogP contribution in [0, 0.1) is 5.92 Å². The lowest BCUT2D eigenvalue weighted by Crippen LogP contribution is -2.40. The van der Waals surface area contributed by atoms with Crippen molar-refractivity contribution in [2.24, 2.45) is 5.92 Å².